The molecule has 5 heterocycles. The van der Waals surface area contributed by atoms with E-state index in [2.05, 4.69) is 26.1 Å². The second-order valence-electron chi connectivity index (χ2n) is 9.65. The van der Waals surface area contributed by atoms with E-state index in [0.717, 1.165) is 71.5 Å². The molecule has 0 unspecified atom stereocenters. The SMILES string of the molecule is NC(=O)C(=CCC=O)N1CCN(Cc2cc3nc(-c4cccc5[nH]ncc45)nc(N4CCOCC4)c3s2)CC1. The van der Waals surface area contributed by atoms with Gasteiger partial charge >= 0.3 is 0 Å². The van der Waals surface area contributed by atoms with Gasteiger partial charge in [-0.05, 0) is 18.2 Å². The van der Waals surface area contributed by atoms with Gasteiger partial charge in [0.1, 0.15) is 6.29 Å². The molecule has 39 heavy (non-hydrogen) atoms. The van der Waals surface area contributed by atoms with Gasteiger partial charge in [-0.25, -0.2) is 9.97 Å². The average molecular weight is 547 g/mol. The molecule has 1 aromatic carbocycles. The minimum absolute atomic E-state index is 0.184. The molecule has 0 aliphatic carbocycles. The summed E-state index contributed by atoms with van der Waals surface area (Å²) >= 11 is 1.74. The largest absolute Gasteiger partial charge is 0.378 e. The van der Waals surface area contributed by atoms with Crippen LogP contribution in [0.2, 0.25) is 0 Å². The highest BCUT2D eigenvalue weighted by Crippen LogP contribution is 2.36. The minimum atomic E-state index is -0.495. The second kappa shape index (κ2) is 11.1. The van der Waals surface area contributed by atoms with Gasteiger partial charge in [0.15, 0.2) is 11.6 Å². The Morgan fingerprint density at radius 3 is 2.72 bits per heavy atom. The van der Waals surface area contributed by atoms with E-state index in [1.54, 1.807) is 17.4 Å². The molecule has 0 radical (unpaired) electrons. The molecule has 4 aromatic rings. The summed E-state index contributed by atoms with van der Waals surface area (Å²) < 4.78 is 6.69. The van der Waals surface area contributed by atoms with Crippen molar-refractivity contribution in [3.63, 3.8) is 0 Å². The second-order valence-corrected chi connectivity index (χ2v) is 10.8. The van der Waals surface area contributed by atoms with Gasteiger partial charge in [-0.1, -0.05) is 12.1 Å². The summed E-state index contributed by atoms with van der Waals surface area (Å²) in [4.78, 5) is 40.6. The zero-order chi connectivity index (χ0) is 26.8. The zero-order valence-corrected chi connectivity index (χ0v) is 22.3. The number of ether oxygens (including phenoxy) is 1. The van der Waals surface area contributed by atoms with Crippen molar-refractivity contribution < 1.29 is 14.3 Å². The number of hydrogen-bond donors (Lipinski definition) is 2. The molecule has 0 spiro atoms. The molecule has 2 aliphatic rings. The molecule has 11 nitrogen and oxygen atoms in total. The lowest BCUT2D eigenvalue weighted by Gasteiger charge is -2.36. The number of carbonyl (C=O) groups is 2. The van der Waals surface area contributed by atoms with Crippen molar-refractivity contribution in [1.82, 2.24) is 30.0 Å². The number of morpholine rings is 1. The third-order valence-corrected chi connectivity index (χ3v) is 8.30. The standard InChI is InChI=1S/C27H30N8O3S/c28-25(37)23(5-2-12-36)34-8-6-33(7-9-34)17-18-15-22-24(39-18)27(35-10-13-38-14-11-35)31-26(30-22)19-3-1-4-21-20(19)16-29-32-21/h1,3-5,12,15-16H,2,6-11,13-14,17H2,(H2,28,37)(H,29,32). The molecule has 2 fully saturated rings. The normalized spacial score (nSPS) is 17.3. The Balaban J connectivity index is 1.28. The Bertz CT molecular complexity index is 1530. The molecule has 2 saturated heterocycles. The quantitative estimate of drug-likeness (QED) is 0.252. The Hall–Kier alpha value is -3.87. The van der Waals surface area contributed by atoms with Crippen molar-refractivity contribution in [3.8, 4) is 11.4 Å². The van der Waals surface area contributed by atoms with Crippen LogP contribution in [0.25, 0.3) is 32.5 Å². The predicted octanol–water partition coefficient (Wildman–Crippen LogP) is 2.15. The van der Waals surface area contributed by atoms with Crippen LogP contribution >= 0.6 is 11.3 Å². The van der Waals surface area contributed by atoms with Crippen LogP contribution in [0.4, 0.5) is 5.82 Å². The predicted molar refractivity (Wildman–Crippen MR) is 150 cm³/mol. The zero-order valence-electron chi connectivity index (χ0n) is 21.5. The van der Waals surface area contributed by atoms with Crippen LogP contribution in [0.1, 0.15) is 11.3 Å². The van der Waals surface area contributed by atoms with E-state index in [0.29, 0.717) is 37.8 Å². The van der Waals surface area contributed by atoms with Crippen LogP contribution in [-0.4, -0.2) is 94.6 Å². The first-order chi connectivity index (χ1) is 19.1. The van der Waals surface area contributed by atoms with Crippen molar-refractivity contribution in [2.75, 3.05) is 57.4 Å². The number of fused-ring (bicyclic) bond motifs is 2. The number of carbonyl (C=O) groups excluding carboxylic acids is 2. The first kappa shape index (κ1) is 25.4. The molecule has 0 saturated carbocycles. The molecule has 1 amide bonds. The summed E-state index contributed by atoms with van der Waals surface area (Å²) in [6.07, 6.45) is 4.40. The van der Waals surface area contributed by atoms with Gasteiger partial charge in [0, 0.05) is 68.1 Å². The third kappa shape index (κ3) is 5.22. The van der Waals surface area contributed by atoms with Gasteiger partial charge in [0.25, 0.3) is 5.91 Å². The number of aromatic amines is 1. The van der Waals surface area contributed by atoms with E-state index in [1.165, 1.54) is 4.88 Å². The number of benzene rings is 1. The summed E-state index contributed by atoms with van der Waals surface area (Å²) in [7, 11) is 0. The van der Waals surface area contributed by atoms with Gasteiger partial charge in [-0.15, -0.1) is 11.3 Å². The maximum atomic E-state index is 11.9. The Labute approximate surface area is 229 Å². The fourth-order valence-electron chi connectivity index (χ4n) is 5.23. The number of rotatable bonds is 8. The summed E-state index contributed by atoms with van der Waals surface area (Å²) in [5, 5.41) is 8.25. The number of amides is 1. The van der Waals surface area contributed by atoms with Gasteiger partial charge < -0.3 is 25.1 Å². The first-order valence-corrected chi connectivity index (χ1v) is 13.9. The Kier molecular flexibility index (Phi) is 7.22. The van der Waals surface area contributed by atoms with Crippen molar-refractivity contribution in [2.45, 2.75) is 13.0 Å². The first-order valence-electron chi connectivity index (χ1n) is 13.1. The molecule has 3 N–H and O–H groups in total. The monoisotopic (exact) mass is 546 g/mol. The number of aromatic nitrogens is 4. The molecule has 202 valence electrons. The number of hydrogen-bond acceptors (Lipinski definition) is 10. The summed E-state index contributed by atoms with van der Waals surface area (Å²) in [6, 6.07) is 8.21. The molecule has 6 rings (SSSR count). The fraction of sp³-hybridized carbons (Fsp3) is 0.370. The van der Waals surface area contributed by atoms with E-state index >= 15 is 0 Å². The Morgan fingerprint density at radius 1 is 1.13 bits per heavy atom. The van der Waals surface area contributed by atoms with Crippen molar-refractivity contribution in [3.05, 3.63) is 47.1 Å². The highest BCUT2D eigenvalue weighted by atomic mass is 32.1. The number of nitrogens with one attached hydrogen (secondary N) is 1. The molecular formula is C27H30N8O3S. The lowest BCUT2D eigenvalue weighted by Crippen LogP contribution is -2.47. The minimum Gasteiger partial charge on any atom is -0.378 e. The summed E-state index contributed by atoms with van der Waals surface area (Å²) in [5.41, 5.74) is 8.83. The number of H-pyrrole nitrogens is 1. The number of piperazine rings is 1. The third-order valence-electron chi connectivity index (χ3n) is 7.19. The molecule has 12 heteroatoms. The van der Waals surface area contributed by atoms with Gasteiger partial charge in [0.2, 0.25) is 0 Å². The van der Waals surface area contributed by atoms with Crippen LogP contribution in [-0.2, 0) is 20.9 Å². The van der Waals surface area contributed by atoms with E-state index in [-0.39, 0.29) is 6.42 Å². The molecule has 0 atom stereocenters. The highest BCUT2D eigenvalue weighted by Gasteiger charge is 2.24. The van der Waals surface area contributed by atoms with Crippen LogP contribution < -0.4 is 10.6 Å². The van der Waals surface area contributed by atoms with Crippen LogP contribution in [0, 0.1) is 0 Å². The number of aldehydes is 1. The molecule has 0 bridgehead atoms. The number of nitrogens with zero attached hydrogens (tertiary/aromatic N) is 6. The van der Waals surface area contributed by atoms with Crippen molar-refractivity contribution in [2.24, 2.45) is 5.73 Å². The summed E-state index contributed by atoms with van der Waals surface area (Å²) in [6.45, 7) is 6.64. The Morgan fingerprint density at radius 2 is 1.95 bits per heavy atom. The molecular weight excluding hydrogens is 516 g/mol. The average Bonchev–Trinajstić information content (AvgIpc) is 3.60. The lowest BCUT2D eigenvalue weighted by atomic mass is 10.1. The number of allylic oxidation sites excluding steroid dienone is 1. The fourth-order valence-corrected chi connectivity index (χ4v) is 6.38. The maximum absolute atomic E-state index is 11.9. The van der Waals surface area contributed by atoms with E-state index in [1.807, 2.05) is 29.3 Å². The van der Waals surface area contributed by atoms with E-state index in [4.69, 9.17) is 20.4 Å². The van der Waals surface area contributed by atoms with Gasteiger partial charge in [0.05, 0.1) is 40.8 Å². The molecule has 2 aliphatic heterocycles. The highest BCUT2D eigenvalue weighted by molar-refractivity contribution is 7.19. The van der Waals surface area contributed by atoms with Crippen molar-refractivity contribution in [1.29, 1.82) is 0 Å². The van der Waals surface area contributed by atoms with Crippen LogP contribution in [0.5, 0.6) is 0 Å². The van der Waals surface area contributed by atoms with Gasteiger partial charge in [-0.3, -0.25) is 14.8 Å². The molecule has 3 aromatic heterocycles. The van der Waals surface area contributed by atoms with Crippen LogP contribution in [0.3, 0.4) is 0 Å². The maximum Gasteiger partial charge on any atom is 0.264 e. The van der Waals surface area contributed by atoms with E-state index < -0.39 is 5.91 Å². The van der Waals surface area contributed by atoms with Gasteiger partial charge in [-0.2, -0.15) is 5.10 Å². The smallest absolute Gasteiger partial charge is 0.264 e. The number of thiophene rings is 1. The topological polar surface area (TPSA) is 134 Å². The lowest BCUT2D eigenvalue weighted by molar-refractivity contribution is -0.116. The van der Waals surface area contributed by atoms with Crippen LogP contribution in [0.15, 0.2) is 42.2 Å². The number of anilines is 1. The number of primary amides is 1. The summed E-state index contributed by atoms with van der Waals surface area (Å²) in [5.74, 6) is 1.15. The van der Waals surface area contributed by atoms with E-state index in [9.17, 15) is 9.59 Å². The van der Waals surface area contributed by atoms with Crippen molar-refractivity contribution >= 4 is 50.5 Å². The number of nitrogens with two attached hydrogens (primary N) is 1.